The Hall–Kier alpha value is -3.14. The van der Waals surface area contributed by atoms with Gasteiger partial charge in [-0.1, -0.05) is 24.3 Å². The van der Waals surface area contributed by atoms with Crippen molar-refractivity contribution < 1.29 is 14.2 Å². The second-order valence-electron chi connectivity index (χ2n) is 10.5. The van der Waals surface area contributed by atoms with E-state index in [-0.39, 0.29) is 6.79 Å². The standard InChI is InChI=1S/C29H38N6O3/c1-33-12-5-7-22(33)19-37-29-31-26-18-35(13-9-25(26)28(32-29)34-14-10-30-11-15-34)27-17-23(38-20-36-2)16-21-6-3-4-8-24(21)27/h3-4,6,8,16-17,22,30H,5,7,9-15,18-20H2,1-2H3/t22-/m0/s1. The van der Waals surface area contributed by atoms with Crippen molar-refractivity contribution in [3.05, 3.63) is 47.7 Å². The summed E-state index contributed by atoms with van der Waals surface area (Å²) in [5, 5.41) is 5.82. The number of ether oxygens (including phenoxy) is 3. The van der Waals surface area contributed by atoms with E-state index in [4.69, 9.17) is 24.2 Å². The van der Waals surface area contributed by atoms with Crippen molar-refractivity contribution in [3.8, 4) is 11.8 Å². The first-order chi connectivity index (χ1) is 18.7. The van der Waals surface area contributed by atoms with Gasteiger partial charge in [0.15, 0.2) is 6.79 Å². The number of methoxy groups -OCH3 is 1. The van der Waals surface area contributed by atoms with E-state index in [1.54, 1.807) is 7.11 Å². The first-order valence-corrected chi connectivity index (χ1v) is 13.8. The van der Waals surface area contributed by atoms with E-state index in [1.165, 1.54) is 17.4 Å². The Bertz CT molecular complexity index is 1260. The lowest BCUT2D eigenvalue weighted by atomic mass is 10.0. The lowest BCUT2D eigenvalue weighted by molar-refractivity contribution is 0.0512. The predicted octanol–water partition coefficient (Wildman–Crippen LogP) is 3.06. The molecule has 6 rings (SSSR count). The van der Waals surface area contributed by atoms with Gasteiger partial charge in [0.2, 0.25) is 0 Å². The van der Waals surface area contributed by atoms with Gasteiger partial charge in [-0.15, -0.1) is 0 Å². The molecule has 1 atom stereocenters. The van der Waals surface area contributed by atoms with Crippen LogP contribution in [0.25, 0.3) is 10.8 Å². The third-order valence-corrected chi connectivity index (χ3v) is 8.01. The monoisotopic (exact) mass is 518 g/mol. The van der Waals surface area contributed by atoms with E-state index in [0.29, 0.717) is 25.2 Å². The number of aromatic nitrogens is 2. The summed E-state index contributed by atoms with van der Waals surface area (Å²) >= 11 is 0. The van der Waals surface area contributed by atoms with Crippen molar-refractivity contribution in [2.24, 2.45) is 0 Å². The van der Waals surface area contributed by atoms with Crippen LogP contribution < -0.4 is 24.6 Å². The van der Waals surface area contributed by atoms with Crippen LogP contribution in [0.1, 0.15) is 24.1 Å². The van der Waals surface area contributed by atoms with Gasteiger partial charge in [-0.25, -0.2) is 0 Å². The molecule has 38 heavy (non-hydrogen) atoms. The molecule has 4 heterocycles. The molecule has 1 aromatic heterocycles. The van der Waals surface area contributed by atoms with Crippen LogP contribution in [0, 0.1) is 0 Å². The average molecular weight is 519 g/mol. The third-order valence-electron chi connectivity index (χ3n) is 8.01. The fourth-order valence-corrected chi connectivity index (χ4v) is 5.89. The Morgan fingerprint density at radius 1 is 1.00 bits per heavy atom. The van der Waals surface area contributed by atoms with E-state index >= 15 is 0 Å². The molecule has 1 N–H and O–H groups in total. The fourth-order valence-electron chi connectivity index (χ4n) is 5.89. The van der Waals surface area contributed by atoms with E-state index in [0.717, 1.165) is 80.4 Å². The highest BCUT2D eigenvalue weighted by Gasteiger charge is 2.28. The van der Waals surface area contributed by atoms with Gasteiger partial charge in [-0.3, -0.25) is 0 Å². The van der Waals surface area contributed by atoms with Crippen molar-refractivity contribution >= 4 is 22.3 Å². The van der Waals surface area contributed by atoms with Gasteiger partial charge < -0.3 is 34.2 Å². The van der Waals surface area contributed by atoms with Crippen molar-refractivity contribution in [2.45, 2.75) is 31.8 Å². The number of hydrogen-bond donors (Lipinski definition) is 1. The normalized spacial score (nSPS) is 20.1. The molecule has 0 unspecified atom stereocenters. The van der Waals surface area contributed by atoms with E-state index in [2.05, 4.69) is 63.5 Å². The highest BCUT2D eigenvalue weighted by atomic mass is 16.7. The van der Waals surface area contributed by atoms with Crippen LogP contribution in [0.3, 0.4) is 0 Å². The van der Waals surface area contributed by atoms with Crippen LogP contribution >= 0.6 is 0 Å². The Balaban J connectivity index is 1.33. The minimum absolute atomic E-state index is 0.221. The number of nitrogens with zero attached hydrogens (tertiary/aromatic N) is 5. The topological polar surface area (TPSA) is 75.2 Å². The van der Waals surface area contributed by atoms with E-state index in [9.17, 15) is 0 Å². The summed E-state index contributed by atoms with van der Waals surface area (Å²) in [4.78, 5) is 17.2. The van der Waals surface area contributed by atoms with Gasteiger partial charge in [0.25, 0.3) is 0 Å². The molecule has 0 saturated carbocycles. The Morgan fingerprint density at radius 3 is 2.68 bits per heavy atom. The molecule has 3 aliphatic heterocycles. The molecule has 9 heteroatoms. The molecule has 202 valence electrons. The molecule has 0 aliphatic carbocycles. The zero-order valence-corrected chi connectivity index (χ0v) is 22.5. The number of likely N-dealkylation sites (tertiary alicyclic amines) is 1. The Morgan fingerprint density at radius 2 is 1.87 bits per heavy atom. The average Bonchev–Trinajstić information content (AvgIpc) is 3.38. The lowest BCUT2D eigenvalue weighted by Crippen LogP contribution is -2.45. The number of benzene rings is 2. The van der Waals surface area contributed by atoms with Crippen molar-refractivity contribution in [2.75, 3.05) is 76.6 Å². The summed E-state index contributed by atoms with van der Waals surface area (Å²) in [6.45, 7) is 7.39. The van der Waals surface area contributed by atoms with Crippen LogP contribution in [0.15, 0.2) is 36.4 Å². The van der Waals surface area contributed by atoms with Crippen LogP contribution in [0.4, 0.5) is 11.5 Å². The molecule has 0 bridgehead atoms. The molecule has 9 nitrogen and oxygen atoms in total. The molecule has 0 radical (unpaired) electrons. The minimum Gasteiger partial charge on any atom is -0.467 e. The van der Waals surface area contributed by atoms with Crippen molar-refractivity contribution in [1.82, 2.24) is 20.2 Å². The van der Waals surface area contributed by atoms with Crippen molar-refractivity contribution in [1.29, 1.82) is 0 Å². The van der Waals surface area contributed by atoms with E-state index in [1.807, 2.05) is 0 Å². The maximum Gasteiger partial charge on any atom is 0.318 e. The summed E-state index contributed by atoms with van der Waals surface area (Å²) < 4.78 is 17.3. The highest BCUT2D eigenvalue weighted by molar-refractivity contribution is 5.95. The summed E-state index contributed by atoms with van der Waals surface area (Å²) in [5.41, 5.74) is 3.46. The maximum atomic E-state index is 6.27. The zero-order valence-electron chi connectivity index (χ0n) is 22.5. The van der Waals surface area contributed by atoms with Crippen LogP contribution in [-0.2, 0) is 17.7 Å². The summed E-state index contributed by atoms with van der Waals surface area (Å²) in [6.07, 6.45) is 3.27. The smallest absolute Gasteiger partial charge is 0.318 e. The minimum atomic E-state index is 0.221. The van der Waals surface area contributed by atoms with Gasteiger partial charge in [0, 0.05) is 68.6 Å². The van der Waals surface area contributed by atoms with Crippen LogP contribution in [0.5, 0.6) is 11.8 Å². The van der Waals surface area contributed by atoms with Gasteiger partial charge in [0.05, 0.1) is 12.2 Å². The summed E-state index contributed by atoms with van der Waals surface area (Å²) in [5.74, 6) is 1.85. The predicted molar refractivity (Wildman–Crippen MR) is 149 cm³/mol. The summed E-state index contributed by atoms with van der Waals surface area (Å²) in [7, 11) is 3.82. The number of anilines is 2. The third kappa shape index (κ3) is 5.23. The largest absolute Gasteiger partial charge is 0.467 e. The number of rotatable bonds is 8. The Kier molecular flexibility index (Phi) is 7.49. The number of nitrogens with one attached hydrogen (secondary N) is 1. The molecule has 2 saturated heterocycles. The molecule has 2 fully saturated rings. The number of likely N-dealkylation sites (N-methyl/N-ethyl adjacent to an activating group) is 1. The SMILES string of the molecule is COCOc1cc(N2CCc3c(nc(OC[C@@H]4CCCN4C)nc3N3CCNCC3)C2)c2ccccc2c1. The molecule has 3 aromatic rings. The molecular weight excluding hydrogens is 480 g/mol. The van der Waals surface area contributed by atoms with Gasteiger partial charge in [-0.2, -0.15) is 9.97 Å². The second-order valence-corrected chi connectivity index (χ2v) is 10.5. The quantitative estimate of drug-likeness (QED) is 0.453. The zero-order chi connectivity index (χ0) is 25.9. The lowest BCUT2D eigenvalue weighted by Gasteiger charge is -2.35. The van der Waals surface area contributed by atoms with Crippen molar-refractivity contribution in [3.63, 3.8) is 0 Å². The maximum absolute atomic E-state index is 6.27. The Labute approximate surface area is 224 Å². The fraction of sp³-hybridized carbons (Fsp3) is 0.517. The highest BCUT2D eigenvalue weighted by Crippen LogP contribution is 2.36. The molecule has 2 aromatic carbocycles. The summed E-state index contributed by atoms with van der Waals surface area (Å²) in [6, 6.07) is 13.6. The number of fused-ring (bicyclic) bond motifs is 2. The first kappa shape index (κ1) is 25.2. The van der Waals surface area contributed by atoms with Crippen LogP contribution in [0.2, 0.25) is 0 Å². The van der Waals surface area contributed by atoms with Gasteiger partial charge >= 0.3 is 6.01 Å². The molecule has 0 amide bonds. The number of hydrogen-bond acceptors (Lipinski definition) is 9. The number of piperazine rings is 1. The van der Waals surface area contributed by atoms with Gasteiger partial charge in [-0.05, 0) is 44.3 Å². The molecule has 3 aliphatic rings. The van der Waals surface area contributed by atoms with Gasteiger partial charge in [0.1, 0.15) is 18.2 Å². The molecule has 0 spiro atoms. The van der Waals surface area contributed by atoms with Crippen LogP contribution in [-0.4, -0.2) is 87.7 Å². The first-order valence-electron chi connectivity index (χ1n) is 13.8. The second kappa shape index (κ2) is 11.3. The van der Waals surface area contributed by atoms with E-state index < -0.39 is 0 Å². The molecular formula is C29H38N6O3.